The van der Waals surface area contributed by atoms with E-state index < -0.39 is 47.1 Å². The van der Waals surface area contributed by atoms with Crippen LogP contribution >= 0.6 is 11.6 Å². The Morgan fingerprint density at radius 1 is 1.13 bits per heavy atom. The number of nitrogens with zero attached hydrogens (tertiary/aromatic N) is 2. The molecular weight excluding hydrogens is 422 g/mol. The molecule has 0 saturated carbocycles. The second kappa shape index (κ2) is 9.34. The van der Waals surface area contributed by atoms with Crippen molar-refractivity contribution in [2.45, 2.75) is 40.2 Å². The van der Waals surface area contributed by atoms with Crippen molar-refractivity contribution in [3.05, 3.63) is 51.3 Å². The summed E-state index contributed by atoms with van der Waals surface area (Å²) in [5.74, 6) is -6.44. The van der Waals surface area contributed by atoms with E-state index in [1.165, 1.54) is 26.0 Å². The Morgan fingerprint density at radius 2 is 1.73 bits per heavy atom. The number of carbonyl (C=O) groups excluding carboxylic acids is 3. The first-order valence-electron chi connectivity index (χ1n) is 9.13. The largest absolute Gasteiger partial charge is 0.461 e. The van der Waals surface area contributed by atoms with Gasteiger partial charge in [-0.3, -0.25) is 4.79 Å². The van der Waals surface area contributed by atoms with Crippen LogP contribution in [0.4, 0.5) is 8.78 Å². The molecule has 162 valence electrons. The molecule has 0 aliphatic carbocycles. The Hall–Kier alpha value is -2.81. The number of esters is 2. The molecule has 0 bridgehead atoms. The van der Waals surface area contributed by atoms with Gasteiger partial charge in [-0.1, -0.05) is 23.7 Å². The number of aromatic nitrogens is 2. The highest BCUT2D eigenvalue weighted by atomic mass is 35.5. The molecule has 7 nitrogen and oxygen atoms in total. The number of carbonyl (C=O) groups is 3. The summed E-state index contributed by atoms with van der Waals surface area (Å²) in [5, 5.41) is 4.16. The highest BCUT2D eigenvalue weighted by Crippen LogP contribution is 2.34. The highest BCUT2D eigenvalue weighted by Gasteiger charge is 2.41. The lowest BCUT2D eigenvalue weighted by Crippen LogP contribution is -2.22. The number of rotatable bonds is 8. The summed E-state index contributed by atoms with van der Waals surface area (Å²) < 4.78 is 39.1. The zero-order valence-electron chi connectivity index (χ0n) is 16.9. The summed E-state index contributed by atoms with van der Waals surface area (Å²) >= 11 is 6.04. The maximum absolute atomic E-state index is 14.4. The van der Waals surface area contributed by atoms with E-state index >= 15 is 0 Å². The molecule has 0 fully saturated rings. The lowest BCUT2D eigenvalue weighted by atomic mass is 10.1. The van der Waals surface area contributed by atoms with Crippen molar-refractivity contribution in [3.63, 3.8) is 0 Å². The minimum absolute atomic E-state index is 0.0873. The van der Waals surface area contributed by atoms with Crippen molar-refractivity contribution < 1.29 is 32.6 Å². The van der Waals surface area contributed by atoms with Crippen LogP contribution in [0.5, 0.6) is 0 Å². The van der Waals surface area contributed by atoms with Crippen molar-refractivity contribution in [2.24, 2.45) is 0 Å². The molecule has 0 saturated heterocycles. The van der Waals surface area contributed by atoms with Gasteiger partial charge in [0.25, 0.3) is 5.92 Å². The second-order valence-electron chi connectivity index (χ2n) is 6.45. The molecule has 1 aromatic carbocycles. The van der Waals surface area contributed by atoms with Crippen LogP contribution in [-0.4, -0.2) is 40.7 Å². The maximum Gasteiger partial charge on any atom is 0.359 e. The summed E-state index contributed by atoms with van der Waals surface area (Å²) in [6.07, 6.45) is 0. The number of alkyl halides is 2. The second-order valence-corrected chi connectivity index (χ2v) is 6.85. The SMILES string of the molecule is CCOC(=O)c1nn(CC(=O)c2ccc(C)c(Cl)c2)c(C(=O)OCC)c1C(C)(F)F. The number of hydrogen-bond donors (Lipinski definition) is 0. The van der Waals surface area contributed by atoms with Crippen LogP contribution in [-0.2, 0) is 21.9 Å². The number of ketones is 1. The number of ether oxygens (including phenoxy) is 2. The highest BCUT2D eigenvalue weighted by molar-refractivity contribution is 6.31. The van der Waals surface area contributed by atoms with Gasteiger partial charge in [-0.15, -0.1) is 0 Å². The molecule has 0 amide bonds. The van der Waals surface area contributed by atoms with Crippen LogP contribution in [0.3, 0.4) is 0 Å². The molecule has 2 rings (SSSR count). The molecule has 30 heavy (non-hydrogen) atoms. The first-order valence-corrected chi connectivity index (χ1v) is 9.51. The quantitative estimate of drug-likeness (QED) is 0.450. The van der Waals surface area contributed by atoms with Gasteiger partial charge in [-0.05, 0) is 32.4 Å². The van der Waals surface area contributed by atoms with Gasteiger partial charge in [0.2, 0.25) is 0 Å². The van der Waals surface area contributed by atoms with Crippen LogP contribution in [0.2, 0.25) is 5.02 Å². The number of benzene rings is 1. The fourth-order valence-corrected chi connectivity index (χ4v) is 2.92. The molecule has 0 N–H and O–H groups in total. The summed E-state index contributed by atoms with van der Waals surface area (Å²) in [6, 6.07) is 4.56. The van der Waals surface area contributed by atoms with Crippen LogP contribution in [0.1, 0.15) is 63.2 Å². The summed E-state index contributed by atoms with van der Waals surface area (Å²) in [5.41, 5.74) is -1.44. The molecule has 0 spiro atoms. The van der Waals surface area contributed by atoms with Crippen molar-refractivity contribution in [1.82, 2.24) is 9.78 Å². The summed E-state index contributed by atoms with van der Waals surface area (Å²) in [7, 11) is 0. The molecule has 0 radical (unpaired) electrons. The standard InChI is InChI=1S/C20H21ClF2N2O5/c1-5-29-18(27)16-15(20(4,22)23)17(19(28)30-6-2)25(24-16)10-14(26)12-8-7-11(3)13(21)9-12/h7-9H,5-6,10H2,1-4H3. The summed E-state index contributed by atoms with van der Waals surface area (Å²) in [6.45, 7) is 4.48. The molecule has 0 aliphatic rings. The van der Waals surface area contributed by atoms with E-state index in [-0.39, 0.29) is 18.8 Å². The van der Waals surface area contributed by atoms with E-state index in [4.69, 9.17) is 21.1 Å². The van der Waals surface area contributed by atoms with Crippen LogP contribution < -0.4 is 0 Å². The Labute approximate surface area is 176 Å². The zero-order chi connectivity index (χ0) is 22.6. The minimum atomic E-state index is -3.63. The number of halogens is 3. The first-order chi connectivity index (χ1) is 14.0. The van der Waals surface area contributed by atoms with E-state index in [1.54, 1.807) is 13.0 Å². The van der Waals surface area contributed by atoms with Gasteiger partial charge < -0.3 is 9.47 Å². The van der Waals surface area contributed by atoms with Crippen molar-refractivity contribution in [3.8, 4) is 0 Å². The van der Waals surface area contributed by atoms with Gasteiger partial charge in [-0.2, -0.15) is 5.10 Å². The van der Waals surface area contributed by atoms with Crippen LogP contribution in [0.15, 0.2) is 18.2 Å². The molecule has 0 atom stereocenters. The molecule has 1 aromatic heterocycles. The van der Waals surface area contributed by atoms with E-state index in [0.717, 1.165) is 10.2 Å². The fraction of sp³-hybridized carbons (Fsp3) is 0.400. The third-order valence-electron chi connectivity index (χ3n) is 4.12. The van der Waals surface area contributed by atoms with E-state index in [2.05, 4.69) is 5.10 Å². The molecule has 2 aromatic rings. The lowest BCUT2D eigenvalue weighted by molar-refractivity contribution is 0.0113. The van der Waals surface area contributed by atoms with Crippen LogP contribution in [0.25, 0.3) is 0 Å². The van der Waals surface area contributed by atoms with Gasteiger partial charge >= 0.3 is 11.9 Å². The maximum atomic E-state index is 14.4. The Bertz CT molecular complexity index is 982. The zero-order valence-corrected chi connectivity index (χ0v) is 17.7. The third-order valence-corrected chi connectivity index (χ3v) is 4.52. The molecular formula is C20H21ClF2N2O5. The van der Waals surface area contributed by atoms with E-state index in [1.807, 2.05) is 0 Å². The van der Waals surface area contributed by atoms with Gasteiger partial charge in [0.05, 0.1) is 18.8 Å². The molecule has 0 aliphatic heterocycles. The number of aryl methyl sites for hydroxylation is 1. The topological polar surface area (TPSA) is 87.5 Å². The minimum Gasteiger partial charge on any atom is -0.461 e. The van der Waals surface area contributed by atoms with Gasteiger partial charge in [0.15, 0.2) is 17.2 Å². The van der Waals surface area contributed by atoms with E-state index in [0.29, 0.717) is 11.9 Å². The monoisotopic (exact) mass is 442 g/mol. The molecule has 10 heteroatoms. The number of Topliss-reactive ketones (excluding diaryl/α,β-unsaturated/α-hetero) is 1. The molecule has 1 heterocycles. The predicted octanol–water partition coefficient (Wildman–Crippen LogP) is 4.19. The molecule has 0 unspecified atom stereocenters. The van der Waals surface area contributed by atoms with Crippen LogP contribution in [0, 0.1) is 6.92 Å². The fourth-order valence-electron chi connectivity index (χ4n) is 2.73. The first kappa shape index (κ1) is 23.5. The van der Waals surface area contributed by atoms with Gasteiger partial charge in [-0.25, -0.2) is 23.1 Å². The lowest BCUT2D eigenvalue weighted by Gasteiger charge is -2.13. The van der Waals surface area contributed by atoms with Crippen molar-refractivity contribution >= 4 is 29.3 Å². The van der Waals surface area contributed by atoms with Crippen molar-refractivity contribution in [2.75, 3.05) is 13.2 Å². The average molecular weight is 443 g/mol. The predicted molar refractivity (Wildman–Crippen MR) is 104 cm³/mol. The normalized spacial score (nSPS) is 11.3. The Kier molecular flexibility index (Phi) is 7.30. The smallest absolute Gasteiger partial charge is 0.359 e. The Morgan fingerprint density at radius 3 is 2.27 bits per heavy atom. The average Bonchev–Trinajstić information content (AvgIpc) is 3.04. The Balaban J connectivity index is 2.61. The van der Waals surface area contributed by atoms with Crippen molar-refractivity contribution in [1.29, 1.82) is 0 Å². The number of hydrogen-bond acceptors (Lipinski definition) is 6. The third kappa shape index (κ3) is 5.02. The van der Waals surface area contributed by atoms with E-state index in [9.17, 15) is 23.2 Å². The summed E-state index contributed by atoms with van der Waals surface area (Å²) in [4.78, 5) is 37.4. The van der Waals surface area contributed by atoms with Gasteiger partial charge in [0, 0.05) is 17.5 Å². The van der Waals surface area contributed by atoms with Gasteiger partial charge in [0.1, 0.15) is 6.54 Å².